The zero-order chi connectivity index (χ0) is 16.8. The normalized spacial score (nSPS) is 26.4. The molecular formula is C13H17N5O4S. The lowest BCUT2D eigenvalue weighted by molar-refractivity contribution is -0.0540. The van der Waals surface area contributed by atoms with Crippen molar-refractivity contribution in [2.24, 2.45) is 0 Å². The lowest BCUT2D eigenvalue weighted by atomic mass is 10.1. The molecule has 9 nitrogen and oxygen atoms in total. The summed E-state index contributed by atoms with van der Waals surface area (Å²) in [6.45, 7) is -0.384. The van der Waals surface area contributed by atoms with Crippen LogP contribution in [0.4, 0.5) is 5.82 Å². The van der Waals surface area contributed by atoms with Crippen molar-refractivity contribution in [1.82, 2.24) is 19.5 Å². The average Bonchev–Trinajstić information content (AvgIpc) is 2.85. The van der Waals surface area contributed by atoms with Crippen LogP contribution in [0.5, 0.6) is 0 Å². The van der Waals surface area contributed by atoms with Crippen molar-refractivity contribution >= 4 is 18.0 Å². The second kappa shape index (κ2) is 8.04. The minimum absolute atomic E-state index is 0.139. The number of aliphatic hydroxyl groups is 3. The summed E-state index contributed by atoms with van der Waals surface area (Å²) in [5.41, 5.74) is 5.46. The molecule has 1 aliphatic heterocycles. The van der Waals surface area contributed by atoms with E-state index in [0.717, 1.165) is 0 Å². The monoisotopic (exact) mass is 339 g/mol. The molecule has 0 aromatic carbocycles. The molecule has 4 atom stereocenters. The van der Waals surface area contributed by atoms with Crippen molar-refractivity contribution in [3.05, 3.63) is 41.8 Å². The Kier molecular flexibility index (Phi) is 6.07. The first-order valence-electron chi connectivity index (χ1n) is 6.71. The fourth-order valence-corrected chi connectivity index (χ4v) is 2.25. The largest absolute Gasteiger partial charge is 0.394 e. The fraction of sp³-hybridized carbons (Fsp3) is 0.385. The molecule has 0 amide bonds. The highest BCUT2D eigenvalue weighted by molar-refractivity contribution is 7.71. The molecule has 3 rings (SSSR count). The van der Waals surface area contributed by atoms with Gasteiger partial charge in [-0.1, -0.05) is 0 Å². The summed E-state index contributed by atoms with van der Waals surface area (Å²) in [6.07, 6.45) is 2.34. The summed E-state index contributed by atoms with van der Waals surface area (Å²) in [4.78, 5) is 11.2. The minimum Gasteiger partial charge on any atom is -0.394 e. The molecular weight excluding hydrogens is 322 g/mol. The molecule has 124 valence electrons. The van der Waals surface area contributed by atoms with Gasteiger partial charge in [-0.25, -0.2) is 15.0 Å². The van der Waals surface area contributed by atoms with Crippen LogP contribution < -0.4 is 5.73 Å². The predicted molar refractivity (Wildman–Crippen MR) is 82.5 cm³/mol. The third kappa shape index (κ3) is 4.27. The molecule has 23 heavy (non-hydrogen) atoms. The number of aromatic nitrogens is 4. The number of nitrogens with two attached hydrogens (primary N) is 1. The van der Waals surface area contributed by atoms with Gasteiger partial charge in [0, 0.05) is 18.6 Å². The molecule has 3 heterocycles. The summed E-state index contributed by atoms with van der Waals surface area (Å²) < 4.78 is 6.83. The van der Waals surface area contributed by atoms with Gasteiger partial charge in [-0.15, -0.1) is 0 Å². The topological polar surface area (TPSA) is 140 Å². The first-order valence-corrected chi connectivity index (χ1v) is 7.12. The fourth-order valence-electron chi connectivity index (χ4n) is 1.98. The number of aliphatic hydroxyl groups excluding tert-OH is 3. The molecule has 0 saturated carbocycles. The van der Waals surface area contributed by atoms with Gasteiger partial charge in [0.15, 0.2) is 6.23 Å². The number of hydrogen-bond donors (Lipinski definition) is 4. The van der Waals surface area contributed by atoms with Gasteiger partial charge in [0.1, 0.15) is 30.5 Å². The van der Waals surface area contributed by atoms with Crippen LogP contribution in [0.2, 0.25) is 0 Å². The number of ether oxygens (including phenoxy) is 1. The first kappa shape index (κ1) is 17.4. The van der Waals surface area contributed by atoms with Crippen LogP contribution in [0.25, 0.3) is 0 Å². The van der Waals surface area contributed by atoms with Gasteiger partial charge in [-0.2, -0.15) is 0 Å². The molecule has 0 spiro atoms. The highest BCUT2D eigenvalue weighted by Crippen LogP contribution is 2.29. The molecule has 1 fully saturated rings. The number of anilines is 1. The average molecular weight is 339 g/mol. The number of nitrogen functional groups attached to an aromatic ring is 1. The Balaban J connectivity index is 0.000000268. The summed E-state index contributed by atoms with van der Waals surface area (Å²) in [6, 6.07) is 3.28. The lowest BCUT2D eigenvalue weighted by Gasteiger charge is -2.18. The number of nitrogens with zero attached hydrogens (tertiary/aromatic N) is 4. The Morgan fingerprint density at radius 3 is 2.39 bits per heavy atom. The molecule has 1 saturated heterocycles. The van der Waals surface area contributed by atoms with Crippen LogP contribution in [0.1, 0.15) is 6.23 Å². The highest BCUT2D eigenvalue weighted by atomic mass is 32.1. The quantitative estimate of drug-likeness (QED) is 0.522. The molecule has 5 N–H and O–H groups in total. The molecule has 0 radical (unpaired) electrons. The van der Waals surface area contributed by atoms with Crippen molar-refractivity contribution in [3.8, 4) is 0 Å². The smallest absolute Gasteiger partial charge is 0.203 e. The molecule has 2 aromatic heterocycles. The van der Waals surface area contributed by atoms with E-state index in [2.05, 4.69) is 15.0 Å². The van der Waals surface area contributed by atoms with E-state index in [0.29, 0.717) is 0 Å². The summed E-state index contributed by atoms with van der Waals surface area (Å²) >= 11 is 4.98. The lowest BCUT2D eigenvalue weighted by Crippen LogP contribution is -2.33. The number of hydrogen-bond acceptors (Lipinski definition) is 9. The molecule has 0 aliphatic carbocycles. The summed E-state index contributed by atoms with van der Waals surface area (Å²) in [7, 11) is 0. The maximum atomic E-state index is 9.79. The summed E-state index contributed by atoms with van der Waals surface area (Å²) in [5.74, 6) is 0.262. The molecule has 0 unspecified atom stereocenters. The van der Waals surface area contributed by atoms with E-state index in [1.165, 1.54) is 23.2 Å². The van der Waals surface area contributed by atoms with E-state index in [1.54, 1.807) is 18.5 Å². The van der Waals surface area contributed by atoms with Gasteiger partial charge >= 0.3 is 0 Å². The molecule has 10 heteroatoms. The minimum atomic E-state index is -1.18. The van der Waals surface area contributed by atoms with E-state index in [4.69, 9.17) is 27.8 Å². The van der Waals surface area contributed by atoms with Crippen LogP contribution in [-0.4, -0.2) is 59.8 Å². The third-order valence-corrected chi connectivity index (χ3v) is 3.42. The van der Waals surface area contributed by atoms with Crippen LogP contribution in [0.15, 0.2) is 37.1 Å². The van der Waals surface area contributed by atoms with E-state index in [1.807, 2.05) is 0 Å². The number of rotatable bonds is 2. The second-order valence-corrected chi connectivity index (χ2v) is 5.04. The molecule has 1 aliphatic rings. The van der Waals surface area contributed by atoms with Gasteiger partial charge in [-0.05, 0) is 24.4 Å². The van der Waals surface area contributed by atoms with Crippen LogP contribution >= 0.6 is 12.2 Å². The zero-order valence-electron chi connectivity index (χ0n) is 12.0. The Morgan fingerprint density at radius 2 is 1.96 bits per heavy atom. The van der Waals surface area contributed by atoms with Crippen LogP contribution in [0, 0.1) is 4.77 Å². The van der Waals surface area contributed by atoms with Crippen LogP contribution in [-0.2, 0) is 4.74 Å². The summed E-state index contributed by atoms with van der Waals surface area (Å²) in [5, 5.41) is 28.4. The predicted octanol–water partition coefficient (Wildman–Crippen LogP) is -0.717. The van der Waals surface area contributed by atoms with Gasteiger partial charge in [0.25, 0.3) is 0 Å². The zero-order valence-corrected chi connectivity index (χ0v) is 12.8. The Labute approximate surface area is 137 Å². The van der Waals surface area contributed by atoms with Crippen molar-refractivity contribution in [2.75, 3.05) is 12.3 Å². The van der Waals surface area contributed by atoms with Crippen molar-refractivity contribution in [3.63, 3.8) is 0 Å². The van der Waals surface area contributed by atoms with Crippen molar-refractivity contribution in [1.29, 1.82) is 0 Å². The SMILES string of the molecule is Nc1ccn([C@@H]2O[C@H](CO)[C@@H](O)[C@H]2O)c(=S)n1.c1cncnc1. The van der Waals surface area contributed by atoms with Gasteiger partial charge < -0.3 is 25.8 Å². The highest BCUT2D eigenvalue weighted by Gasteiger charge is 2.43. The van der Waals surface area contributed by atoms with E-state index in [9.17, 15) is 10.2 Å². The first-order chi connectivity index (χ1) is 11.0. The van der Waals surface area contributed by atoms with E-state index in [-0.39, 0.29) is 17.2 Å². The van der Waals surface area contributed by atoms with Gasteiger partial charge in [-0.3, -0.25) is 4.57 Å². The van der Waals surface area contributed by atoms with Gasteiger partial charge in [0.2, 0.25) is 4.77 Å². The molecule has 0 bridgehead atoms. The van der Waals surface area contributed by atoms with E-state index < -0.39 is 24.5 Å². The van der Waals surface area contributed by atoms with Crippen LogP contribution in [0.3, 0.4) is 0 Å². The van der Waals surface area contributed by atoms with Gasteiger partial charge in [0.05, 0.1) is 6.61 Å². The Hall–Kier alpha value is -1.98. The standard InChI is InChI=1S/C9H13N3O4S.C4H4N2/c10-5-1-2-12(9(17)11-5)8-7(15)6(14)4(3-13)16-8;1-2-5-4-6-3-1/h1-2,4,6-8,13-15H,3H2,(H2,10,11,17);1-4H/t4-,6-,7-,8-;/m1./s1. The maximum Gasteiger partial charge on any atom is 0.203 e. The molecule has 2 aromatic rings. The van der Waals surface area contributed by atoms with Crippen molar-refractivity contribution in [2.45, 2.75) is 24.5 Å². The van der Waals surface area contributed by atoms with Crippen molar-refractivity contribution < 1.29 is 20.1 Å². The Morgan fingerprint density at radius 1 is 1.26 bits per heavy atom. The van der Waals surface area contributed by atoms with E-state index >= 15 is 0 Å². The Bertz CT molecular complexity index is 644. The second-order valence-electron chi connectivity index (χ2n) is 4.68. The maximum absolute atomic E-state index is 9.79. The third-order valence-electron chi connectivity index (χ3n) is 3.12.